The van der Waals surface area contributed by atoms with E-state index in [1.807, 2.05) is 30.0 Å². The summed E-state index contributed by atoms with van der Waals surface area (Å²) in [6, 6.07) is 16.8. The first kappa shape index (κ1) is 23.1. The number of hydrogen-bond acceptors (Lipinski definition) is 3. The summed E-state index contributed by atoms with van der Waals surface area (Å²) >= 11 is 1.67. The highest BCUT2D eigenvalue weighted by Crippen LogP contribution is 2.19. The van der Waals surface area contributed by atoms with Gasteiger partial charge >= 0.3 is 0 Å². The fourth-order valence-electron chi connectivity index (χ4n) is 3.53. The Labute approximate surface area is 188 Å². The Kier molecular flexibility index (Phi) is 9.21. The van der Waals surface area contributed by atoms with Crippen LogP contribution in [0, 0.1) is 11.7 Å². The van der Waals surface area contributed by atoms with Crippen LogP contribution in [0.25, 0.3) is 0 Å². The second-order valence-electron chi connectivity index (χ2n) is 7.59. The van der Waals surface area contributed by atoms with Gasteiger partial charge in [0.1, 0.15) is 5.82 Å². The van der Waals surface area contributed by atoms with E-state index < -0.39 is 0 Å². The van der Waals surface area contributed by atoms with Crippen molar-refractivity contribution < 1.29 is 9.18 Å². The molecule has 166 valence electrons. The molecule has 1 amide bonds. The molecule has 2 aromatic rings. The van der Waals surface area contributed by atoms with Crippen molar-refractivity contribution in [3.63, 3.8) is 0 Å². The van der Waals surface area contributed by atoms with Crippen LogP contribution in [0.1, 0.15) is 18.9 Å². The molecular formula is C24H31FN4OS. The van der Waals surface area contributed by atoms with Gasteiger partial charge in [0.25, 0.3) is 0 Å². The lowest BCUT2D eigenvalue weighted by atomic mass is 10.1. The predicted octanol–water partition coefficient (Wildman–Crippen LogP) is 3.56. The van der Waals surface area contributed by atoms with Crippen molar-refractivity contribution in [1.82, 2.24) is 15.5 Å². The number of aliphatic imine (C=N–C) groups is 1. The maximum absolute atomic E-state index is 13.0. The lowest BCUT2D eigenvalue weighted by molar-refractivity contribution is -0.127. The van der Waals surface area contributed by atoms with Gasteiger partial charge in [0.05, 0.1) is 0 Å². The molecule has 1 saturated heterocycles. The predicted molar refractivity (Wildman–Crippen MR) is 126 cm³/mol. The van der Waals surface area contributed by atoms with Gasteiger partial charge in [-0.05, 0) is 43.2 Å². The molecule has 0 saturated carbocycles. The van der Waals surface area contributed by atoms with Crippen LogP contribution in [0.2, 0.25) is 0 Å². The van der Waals surface area contributed by atoms with Crippen LogP contribution in [-0.2, 0) is 11.2 Å². The highest BCUT2D eigenvalue weighted by atomic mass is 32.2. The van der Waals surface area contributed by atoms with E-state index in [4.69, 9.17) is 4.99 Å². The number of likely N-dealkylation sites (tertiary alicyclic amines) is 1. The highest BCUT2D eigenvalue weighted by Gasteiger charge is 2.28. The van der Waals surface area contributed by atoms with Crippen LogP contribution >= 0.6 is 11.8 Å². The highest BCUT2D eigenvalue weighted by molar-refractivity contribution is 7.99. The number of benzene rings is 2. The van der Waals surface area contributed by atoms with Crippen molar-refractivity contribution >= 4 is 23.6 Å². The monoisotopic (exact) mass is 442 g/mol. The van der Waals surface area contributed by atoms with Gasteiger partial charge in [-0.1, -0.05) is 30.3 Å². The molecule has 2 aromatic carbocycles. The summed E-state index contributed by atoms with van der Waals surface area (Å²) in [4.78, 5) is 20.1. The molecule has 1 aliphatic heterocycles. The Morgan fingerprint density at radius 1 is 1.16 bits per heavy atom. The van der Waals surface area contributed by atoms with Gasteiger partial charge in [-0.3, -0.25) is 9.79 Å². The summed E-state index contributed by atoms with van der Waals surface area (Å²) < 4.78 is 13.0. The first-order valence-electron chi connectivity index (χ1n) is 10.9. The largest absolute Gasteiger partial charge is 0.357 e. The van der Waals surface area contributed by atoms with E-state index >= 15 is 0 Å². The zero-order valence-corrected chi connectivity index (χ0v) is 18.8. The number of nitrogens with one attached hydrogen (secondary N) is 2. The second-order valence-corrected chi connectivity index (χ2v) is 8.76. The minimum absolute atomic E-state index is 0.215. The minimum atomic E-state index is -0.215. The molecule has 7 heteroatoms. The molecule has 0 bridgehead atoms. The summed E-state index contributed by atoms with van der Waals surface area (Å²) in [6.07, 6.45) is 1.45. The maximum atomic E-state index is 13.0. The fourth-order valence-corrected chi connectivity index (χ4v) is 4.30. The van der Waals surface area contributed by atoms with Gasteiger partial charge < -0.3 is 15.5 Å². The van der Waals surface area contributed by atoms with Crippen molar-refractivity contribution in [1.29, 1.82) is 0 Å². The van der Waals surface area contributed by atoms with Crippen molar-refractivity contribution in [3.05, 3.63) is 66.0 Å². The van der Waals surface area contributed by atoms with Crippen LogP contribution < -0.4 is 10.6 Å². The Balaban J connectivity index is 1.40. The first-order chi connectivity index (χ1) is 15.1. The average Bonchev–Trinajstić information content (AvgIpc) is 3.15. The third-order valence-electron chi connectivity index (χ3n) is 5.14. The Bertz CT molecular complexity index is 844. The van der Waals surface area contributed by atoms with Gasteiger partial charge in [0.15, 0.2) is 5.96 Å². The molecule has 1 heterocycles. The van der Waals surface area contributed by atoms with Crippen molar-refractivity contribution in [3.8, 4) is 0 Å². The SMILES string of the molecule is CCNC(=NCC1CC(=O)N(CCc2ccccc2)C1)NCCSc1ccc(F)cc1. The standard InChI is InChI=1S/C24H31FN4OS/c1-2-26-24(27-13-15-31-22-10-8-21(25)9-11-22)28-17-20-16-23(30)29(18-20)14-12-19-6-4-3-5-7-19/h3-11,20H,2,12-18H2,1H3,(H2,26,27,28). The molecule has 31 heavy (non-hydrogen) atoms. The number of halogens is 1. The lowest BCUT2D eigenvalue weighted by Gasteiger charge is -2.16. The molecule has 5 nitrogen and oxygen atoms in total. The maximum Gasteiger partial charge on any atom is 0.223 e. The lowest BCUT2D eigenvalue weighted by Crippen LogP contribution is -2.38. The third kappa shape index (κ3) is 7.90. The van der Waals surface area contributed by atoms with Crippen molar-refractivity contribution in [2.75, 3.05) is 38.5 Å². The second kappa shape index (κ2) is 12.3. The first-order valence-corrected chi connectivity index (χ1v) is 11.8. The zero-order chi connectivity index (χ0) is 21.9. The summed E-state index contributed by atoms with van der Waals surface area (Å²) in [5, 5.41) is 6.60. The fraction of sp³-hybridized carbons (Fsp3) is 0.417. The van der Waals surface area contributed by atoms with Crippen LogP contribution in [0.15, 0.2) is 64.5 Å². The van der Waals surface area contributed by atoms with E-state index in [0.717, 1.165) is 49.2 Å². The Morgan fingerprint density at radius 2 is 1.94 bits per heavy atom. The van der Waals surface area contributed by atoms with Gasteiger partial charge in [-0.2, -0.15) is 0 Å². The minimum Gasteiger partial charge on any atom is -0.357 e. The molecule has 1 fully saturated rings. The average molecular weight is 443 g/mol. The number of carbonyl (C=O) groups is 1. The Morgan fingerprint density at radius 3 is 2.68 bits per heavy atom. The number of nitrogens with zero attached hydrogens (tertiary/aromatic N) is 2. The van der Waals surface area contributed by atoms with Crippen LogP contribution in [-0.4, -0.2) is 55.2 Å². The molecule has 2 N–H and O–H groups in total. The molecule has 1 aliphatic rings. The number of carbonyl (C=O) groups excluding carboxylic acids is 1. The van der Waals surface area contributed by atoms with Crippen molar-refractivity contribution in [2.45, 2.75) is 24.7 Å². The summed E-state index contributed by atoms with van der Waals surface area (Å²) in [5.41, 5.74) is 1.26. The summed E-state index contributed by atoms with van der Waals surface area (Å²) in [5.74, 6) is 1.90. The molecule has 0 radical (unpaired) electrons. The van der Waals surface area contributed by atoms with E-state index in [0.29, 0.717) is 13.0 Å². The quantitative estimate of drug-likeness (QED) is 0.256. The molecule has 3 rings (SSSR count). The topological polar surface area (TPSA) is 56.7 Å². The third-order valence-corrected chi connectivity index (χ3v) is 6.15. The van der Waals surface area contributed by atoms with Crippen LogP contribution in [0.3, 0.4) is 0 Å². The molecule has 0 aliphatic carbocycles. The zero-order valence-electron chi connectivity index (χ0n) is 18.0. The molecule has 0 aromatic heterocycles. The van der Waals surface area contributed by atoms with Gasteiger partial charge in [-0.25, -0.2) is 4.39 Å². The Hall–Kier alpha value is -2.54. The normalized spacial score (nSPS) is 16.6. The summed E-state index contributed by atoms with van der Waals surface area (Å²) in [6.45, 7) is 5.74. The number of thioether (sulfide) groups is 1. The van der Waals surface area contributed by atoms with E-state index in [9.17, 15) is 9.18 Å². The molecule has 1 atom stereocenters. The van der Waals surface area contributed by atoms with Gasteiger partial charge in [0.2, 0.25) is 5.91 Å². The van der Waals surface area contributed by atoms with E-state index in [-0.39, 0.29) is 17.6 Å². The van der Waals surface area contributed by atoms with Crippen molar-refractivity contribution in [2.24, 2.45) is 10.9 Å². The van der Waals surface area contributed by atoms with E-state index in [1.165, 1.54) is 17.7 Å². The number of amides is 1. The van der Waals surface area contributed by atoms with E-state index in [1.54, 1.807) is 23.9 Å². The number of rotatable bonds is 10. The van der Waals surface area contributed by atoms with Crippen LogP contribution in [0.5, 0.6) is 0 Å². The van der Waals surface area contributed by atoms with E-state index in [2.05, 4.69) is 22.8 Å². The number of hydrogen-bond donors (Lipinski definition) is 2. The smallest absolute Gasteiger partial charge is 0.223 e. The summed E-state index contributed by atoms with van der Waals surface area (Å²) in [7, 11) is 0. The molecule has 0 spiro atoms. The van der Waals surface area contributed by atoms with Gasteiger partial charge in [0, 0.05) is 55.7 Å². The molecular weight excluding hydrogens is 411 g/mol. The number of guanidine groups is 1. The molecule has 1 unspecified atom stereocenters. The van der Waals surface area contributed by atoms with Gasteiger partial charge in [-0.15, -0.1) is 11.8 Å². The van der Waals surface area contributed by atoms with Crippen LogP contribution in [0.4, 0.5) is 4.39 Å².